The smallest absolute Gasteiger partial charge is 0.142 e. The van der Waals surface area contributed by atoms with Crippen molar-refractivity contribution in [2.45, 2.75) is 32.2 Å². The van der Waals surface area contributed by atoms with Crippen molar-refractivity contribution in [3.05, 3.63) is 34.1 Å². The molecule has 122 valence electrons. The molecule has 2 nitrogen and oxygen atoms in total. The van der Waals surface area contributed by atoms with E-state index in [1.54, 1.807) is 6.07 Å². The molecule has 1 aromatic carbocycles. The highest BCUT2D eigenvalue weighted by Gasteiger charge is 2.24. The van der Waals surface area contributed by atoms with E-state index in [1.807, 2.05) is 12.1 Å². The Kier molecular flexibility index (Phi) is 10.9. The van der Waals surface area contributed by atoms with Gasteiger partial charge in [-0.2, -0.15) is 0 Å². The lowest BCUT2D eigenvalue weighted by molar-refractivity contribution is 0.160. The lowest BCUT2D eigenvalue weighted by Gasteiger charge is -2.35. The van der Waals surface area contributed by atoms with Crippen LogP contribution in [0.2, 0.25) is 0 Å². The Morgan fingerprint density at radius 2 is 1.95 bits per heavy atom. The average molecular weight is 402 g/mol. The highest BCUT2D eigenvalue weighted by Crippen LogP contribution is 2.31. The molecular formula is C15H24BrCl2FN2. The monoisotopic (exact) mass is 400 g/mol. The zero-order valence-corrected chi connectivity index (χ0v) is 15.5. The first-order valence-electron chi connectivity index (χ1n) is 7.12. The third-order valence-corrected chi connectivity index (χ3v) is 4.38. The van der Waals surface area contributed by atoms with Gasteiger partial charge in [-0.15, -0.1) is 24.8 Å². The molecule has 1 aromatic rings. The molecule has 0 saturated carbocycles. The minimum Gasteiger partial charge on any atom is -0.314 e. The van der Waals surface area contributed by atoms with Gasteiger partial charge in [0.05, 0.1) is 4.47 Å². The first-order chi connectivity index (χ1) is 9.24. The Labute approximate surface area is 147 Å². The van der Waals surface area contributed by atoms with Gasteiger partial charge in [0, 0.05) is 37.8 Å². The second-order valence-corrected chi connectivity index (χ2v) is 5.94. The van der Waals surface area contributed by atoms with E-state index in [2.05, 4.69) is 33.1 Å². The summed E-state index contributed by atoms with van der Waals surface area (Å²) in [4.78, 5) is 2.41. The van der Waals surface area contributed by atoms with Crippen LogP contribution in [0.15, 0.2) is 22.7 Å². The lowest BCUT2D eigenvalue weighted by Crippen LogP contribution is -2.45. The number of nitrogens with one attached hydrogen (secondary N) is 1. The van der Waals surface area contributed by atoms with Crippen molar-refractivity contribution in [3.63, 3.8) is 0 Å². The van der Waals surface area contributed by atoms with Gasteiger partial charge in [-0.1, -0.05) is 31.9 Å². The Morgan fingerprint density at radius 1 is 1.29 bits per heavy atom. The molecule has 1 aliphatic heterocycles. The molecule has 21 heavy (non-hydrogen) atoms. The summed E-state index contributed by atoms with van der Waals surface area (Å²) in [6.45, 7) is 6.18. The lowest BCUT2D eigenvalue weighted by atomic mass is 9.98. The largest absolute Gasteiger partial charge is 0.314 e. The molecule has 0 bridgehead atoms. The van der Waals surface area contributed by atoms with E-state index in [0.29, 0.717) is 4.47 Å². The number of unbranched alkanes of at least 4 members (excludes halogenated alkanes) is 1. The van der Waals surface area contributed by atoms with Gasteiger partial charge < -0.3 is 5.32 Å². The molecule has 1 heterocycles. The standard InChI is InChI=1S/C15H22BrFN2.2ClH/c1-2-3-7-14(19-10-8-18-9-11-19)12-5-4-6-13(16)15(12)17;;/h4-6,14,18H,2-3,7-11H2,1H3;2*1H/t14-;;/m0../s1. The van der Waals surface area contributed by atoms with Crippen molar-refractivity contribution in [2.24, 2.45) is 0 Å². The molecule has 0 aromatic heterocycles. The van der Waals surface area contributed by atoms with Crippen molar-refractivity contribution in [1.29, 1.82) is 0 Å². The van der Waals surface area contributed by atoms with E-state index in [9.17, 15) is 4.39 Å². The molecule has 0 radical (unpaired) electrons. The fourth-order valence-electron chi connectivity index (χ4n) is 2.70. The van der Waals surface area contributed by atoms with Crippen molar-refractivity contribution in [1.82, 2.24) is 10.2 Å². The summed E-state index contributed by atoms with van der Waals surface area (Å²) in [5.41, 5.74) is 0.838. The van der Waals surface area contributed by atoms with Gasteiger partial charge in [0.15, 0.2) is 0 Å². The quantitative estimate of drug-likeness (QED) is 0.777. The Hall–Kier alpha value is 0.130. The molecule has 1 saturated heterocycles. The van der Waals surface area contributed by atoms with E-state index in [4.69, 9.17) is 0 Å². The minimum absolute atomic E-state index is 0. The fraction of sp³-hybridized carbons (Fsp3) is 0.600. The summed E-state index contributed by atoms with van der Waals surface area (Å²) in [6, 6.07) is 5.85. The van der Waals surface area contributed by atoms with E-state index >= 15 is 0 Å². The first kappa shape index (κ1) is 21.1. The van der Waals surface area contributed by atoms with Gasteiger partial charge in [0.2, 0.25) is 0 Å². The highest BCUT2D eigenvalue weighted by atomic mass is 79.9. The maximum absolute atomic E-state index is 14.3. The number of piperazine rings is 1. The summed E-state index contributed by atoms with van der Waals surface area (Å²) in [5.74, 6) is -0.0952. The molecule has 0 amide bonds. The number of hydrogen-bond donors (Lipinski definition) is 1. The van der Waals surface area contributed by atoms with Crippen LogP contribution in [0.1, 0.15) is 37.8 Å². The second-order valence-electron chi connectivity index (χ2n) is 5.09. The topological polar surface area (TPSA) is 15.3 Å². The Bertz CT molecular complexity index is 415. The van der Waals surface area contributed by atoms with Crippen LogP contribution in [0.3, 0.4) is 0 Å². The first-order valence-corrected chi connectivity index (χ1v) is 7.92. The molecule has 1 atom stereocenters. The summed E-state index contributed by atoms with van der Waals surface area (Å²) in [6.07, 6.45) is 3.32. The van der Waals surface area contributed by atoms with Crippen molar-refractivity contribution >= 4 is 40.7 Å². The normalized spacial score (nSPS) is 16.7. The van der Waals surface area contributed by atoms with Crippen molar-refractivity contribution < 1.29 is 4.39 Å². The maximum Gasteiger partial charge on any atom is 0.142 e. The van der Waals surface area contributed by atoms with E-state index in [1.165, 1.54) is 0 Å². The van der Waals surface area contributed by atoms with Crippen molar-refractivity contribution in [2.75, 3.05) is 26.2 Å². The third kappa shape index (κ3) is 5.68. The molecule has 0 spiro atoms. The molecule has 1 N–H and O–H groups in total. The summed E-state index contributed by atoms with van der Waals surface area (Å²) < 4.78 is 14.9. The van der Waals surface area contributed by atoms with Crippen LogP contribution in [0.4, 0.5) is 4.39 Å². The highest BCUT2D eigenvalue weighted by molar-refractivity contribution is 9.10. The number of halogens is 4. The van der Waals surface area contributed by atoms with E-state index in [0.717, 1.165) is 51.0 Å². The SMILES string of the molecule is CCCC[C@@H](c1cccc(Br)c1F)N1CCNCC1.Cl.Cl. The summed E-state index contributed by atoms with van der Waals surface area (Å²) in [7, 11) is 0. The molecule has 2 rings (SSSR count). The van der Waals surface area contributed by atoms with Gasteiger partial charge in [-0.25, -0.2) is 4.39 Å². The molecule has 6 heteroatoms. The zero-order valence-electron chi connectivity index (χ0n) is 12.3. The predicted molar refractivity (Wildman–Crippen MR) is 95.3 cm³/mol. The zero-order chi connectivity index (χ0) is 13.7. The Balaban J connectivity index is 0.00000200. The van der Waals surface area contributed by atoms with Crippen molar-refractivity contribution in [3.8, 4) is 0 Å². The van der Waals surface area contributed by atoms with Gasteiger partial charge in [-0.3, -0.25) is 4.90 Å². The molecule has 0 unspecified atom stereocenters. The van der Waals surface area contributed by atoms with E-state index in [-0.39, 0.29) is 36.7 Å². The second kappa shape index (κ2) is 10.8. The van der Waals surface area contributed by atoms with Crippen LogP contribution >= 0.6 is 40.7 Å². The number of nitrogens with zero attached hydrogens (tertiary/aromatic N) is 1. The summed E-state index contributed by atoms with van der Waals surface area (Å²) in [5, 5.41) is 3.36. The number of rotatable bonds is 5. The average Bonchev–Trinajstić information content (AvgIpc) is 2.45. The van der Waals surface area contributed by atoms with Crippen LogP contribution in [-0.2, 0) is 0 Å². The maximum atomic E-state index is 14.3. The van der Waals surface area contributed by atoms with Crippen LogP contribution < -0.4 is 5.32 Å². The van der Waals surface area contributed by atoms with Crippen LogP contribution in [0, 0.1) is 5.82 Å². The van der Waals surface area contributed by atoms with E-state index < -0.39 is 0 Å². The molecule has 1 fully saturated rings. The minimum atomic E-state index is -0.0952. The van der Waals surface area contributed by atoms with Crippen LogP contribution in [-0.4, -0.2) is 31.1 Å². The predicted octanol–water partition coefficient (Wildman–Crippen LogP) is 4.57. The Morgan fingerprint density at radius 3 is 2.57 bits per heavy atom. The third-order valence-electron chi connectivity index (χ3n) is 3.76. The summed E-state index contributed by atoms with van der Waals surface area (Å²) >= 11 is 3.30. The van der Waals surface area contributed by atoms with Gasteiger partial charge in [0.25, 0.3) is 0 Å². The molecule has 1 aliphatic rings. The van der Waals surface area contributed by atoms with Crippen LogP contribution in [0.5, 0.6) is 0 Å². The fourth-order valence-corrected chi connectivity index (χ4v) is 3.09. The van der Waals surface area contributed by atoms with Crippen LogP contribution in [0.25, 0.3) is 0 Å². The van der Waals surface area contributed by atoms with Gasteiger partial charge in [-0.05, 0) is 28.4 Å². The number of benzene rings is 1. The van der Waals surface area contributed by atoms with Gasteiger partial charge >= 0.3 is 0 Å². The molecule has 0 aliphatic carbocycles. The molecular weight excluding hydrogens is 378 g/mol. The van der Waals surface area contributed by atoms with Gasteiger partial charge in [0.1, 0.15) is 5.82 Å². The number of hydrogen-bond acceptors (Lipinski definition) is 2.